The van der Waals surface area contributed by atoms with Crippen LogP contribution in [0.3, 0.4) is 0 Å². The van der Waals surface area contributed by atoms with Gasteiger partial charge >= 0.3 is 0 Å². The van der Waals surface area contributed by atoms with Gasteiger partial charge < -0.3 is 4.74 Å². The molecule has 2 atom stereocenters. The van der Waals surface area contributed by atoms with Gasteiger partial charge in [0.25, 0.3) is 0 Å². The first-order valence-corrected chi connectivity index (χ1v) is 7.85. The van der Waals surface area contributed by atoms with Crippen LogP contribution in [0.5, 0.6) is 0 Å². The smallest absolute Gasteiger partial charge is 0.0692 e. The quantitative estimate of drug-likeness (QED) is 0.357. The summed E-state index contributed by atoms with van der Waals surface area (Å²) in [6.45, 7) is 3.26. The summed E-state index contributed by atoms with van der Waals surface area (Å²) in [6.07, 6.45) is 12.8. The highest BCUT2D eigenvalue weighted by Gasteiger charge is 2.24. The molecule has 1 nitrogen and oxygen atoms in total. The Labute approximate surface area is 108 Å². The molecule has 0 aromatic heterocycles. The second kappa shape index (κ2) is 8.80. The highest BCUT2D eigenvalue weighted by atomic mass is 127. The van der Waals surface area contributed by atoms with Gasteiger partial charge in [-0.05, 0) is 25.7 Å². The van der Waals surface area contributed by atoms with Crippen molar-refractivity contribution >= 4 is 22.6 Å². The molecule has 0 heterocycles. The van der Waals surface area contributed by atoms with Gasteiger partial charge in [0, 0.05) is 10.5 Å². The molecule has 1 saturated carbocycles. The molecular formula is C13H25IO. The second-order valence-corrected chi connectivity index (χ2v) is 6.22. The van der Waals surface area contributed by atoms with Crippen LogP contribution in [0.1, 0.15) is 64.7 Å². The Morgan fingerprint density at radius 1 is 1.07 bits per heavy atom. The number of alkyl halides is 1. The van der Waals surface area contributed by atoms with Gasteiger partial charge in [0.05, 0.1) is 6.10 Å². The number of unbranched alkanes of at least 4 members (excludes halogenated alkanes) is 5. The summed E-state index contributed by atoms with van der Waals surface area (Å²) >= 11 is 2.55. The van der Waals surface area contributed by atoms with Gasteiger partial charge in [-0.25, -0.2) is 0 Å². The Balaban J connectivity index is 1.84. The lowest BCUT2D eigenvalue weighted by molar-refractivity contribution is 0.0613. The van der Waals surface area contributed by atoms with E-state index in [-0.39, 0.29) is 0 Å². The maximum atomic E-state index is 5.91. The Bertz CT molecular complexity index is 149. The molecule has 0 aliphatic heterocycles. The number of ether oxygens (including phenoxy) is 1. The summed E-state index contributed by atoms with van der Waals surface area (Å²) in [7, 11) is 0. The second-order valence-electron chi connectivity index (χ2n) is 4.62. The molecule has 0 radical (unpaired) electrons. The first kappa shape index (κ1) is 13.8. The van der Waals surface area contributed by atoms with E-state index < -0.39 is 0 Å². The van der Waals surface area contributed by atoms with Crippen molar-refractivity contribution in [3.63, 3.8) is 0 Å². The predicted molar refractivity (Wildman–Crippen MR) is 74.8 cm³/mol. The average Bonchev–Trinajstić information content (AvgIpc) is 2.63. The molecule has 0 bridgehead atoms. The maximum Gasteiger partial charge on any atom is 0.0692 e. The number of hydrogen-bond donors (Lipinski definition) is 0. The van der Waals surface area contributed by atoms with E-state index in [1.807, 2.05) is 0 Å². The molecule has 2 unspecified atom stereocenters. The summed E-state index contributed by atoms with van der Waals surface area (Å²) in [5, 5.41) is 0. The average molecular weight is 324 g/mol. The van der Waals surface area contributed by atoms with Crippen LogP contribution in [0.25, 0.3) is 0 Å². The van der Waals surface area contributed by atoms with E-state index >= 15 is 0 Å². The van der Waals surface area contributed by atoms with Crippen molar-refractivity contribution in [2.75, 3.05) is 6.61 Å². The molecule has 0 spiro atoms. The summed E-state index contributed by atoms with van der Waals surface area (Å²) in [5.74, 6) is 0. The van der Waals surface area contributed by atoms with Crippen molar-refractivity contribution in [2.45, 2.75) is 74.7 Å². The first-order valence-electron chi connectivity index (χ1n) is 6.60. The highest BCUT2D eigenvalue weighted by molar-refractivity contribution is 14.1. The van der Waals surface area contributed by atoms with Crippen LogP contribution < -0.4 is 0 Å². The summed E-state index contributed by atoms with van der Waals surface area (Å²) in [4.78, 5) is 0. The van der Waals surface area contributed by atoms with Crippen molar-refractivity contribution in [3.8, 4) is 0 Å². The molecule has 1 fully saturated rings. The predicted octanol–water partition coefficient (Wildman–Crippen LogP) is 4.72. The number of rotatable bonds is 8. The lowest BCUT2D eigenvalue weighted by atomic mass is 10.1. The van der Waals surface area contributed by atoms with E-state index in [0.717, 1.165) is 10.5 Å². The lowest BCUT2D eigenvalue weighted by Crippen LogP contribution is -2.18. The Morgan fingerprint density at radius 2 is 1.80 bits per heavy atom. The van der Waals surface area contributed by atoms with Crippen molar-refractivity contribution in [2.24, 2.45) is 0 Å². The van der Waals surface area contributed by atoms with Crippen molar-refractivity contribution in [1.82, 2.24) is 0 Å². The van der Waals surface area contributed by atoms with Crippen LogP contribution >= 0.6 is 22.6 Å². The van der Waals surface area contributed by atoms with E-state index in [1.165, 1.54) is 57.8 Å². The van der Waals surface area contributed by atoms with Gasteiger partial charge in [0.1, 0.15) is 0 Å². The minimum atomic E-state index is 0.571. The van der Waals surface area contributed by atoms with Crippen LogP contribution in [-0.2, 0) is 4.74 Å². The third-order valence-electron chi connectivity index (χ3n) is 3.20. The minimum absolute atomic E-state index is 0.571. The van der Waals surface area contributed by atoms with Crippen molar-refractivity contribution < 1.29 is 4.74 Å². The third-order valence-corrected chi connectivity index (χ3v) is 4.63. The summed E-state index contributed by atoms with van der Waals surface area (Å²) < 4.78 is 6.69. The van der Waals surface area contributed by atoms with Crippen LogP contribution in [0.2, 0.25) is 0 Å². The van der Waals surface area contributed by atoms with Gasteiger partial charge in [-0.15, -0.1) is 0 Å². The highest BCUT2D eigenvalue weighted by Crippen LogP contribution is 2.28. The van der Waals surface area contributed by atoms with E-state index in [2.05, 4.69) is 29.5 Å². The SMILES string of the molecule is CCCCCCCCOC1CCCC1I. The van der Waals surface area contributed by atoms with Crippen LogP contribution in [-0.4, -0.2) is 16.6 Å². The molecule has 0 aromatic carbocycles. The van der Waals surface area contributed by atoms with E-state index in [4.69, 9.17) is 4.74 Å². The van der Waals surface area contributed by atoms with Crippen LogP contribution in [0.4, 0.5) is 0 Å². The van der Waals surface area contributed by atoms with Crippen molar-refractivity contribution in [3.05, 3.63) is 0 Å². The Kier molecular flexibility index (Phi) is 8.07. The standard InChI is InChI=1S/C13H25IO/c1-2-3-4-5-6-7-11-15-13-10-8-9-12(13)14/h12-13H,2-11H2,1H3. The summed E-state index contributed by atoms with van der Waals surface area (Å²) in [6, 6.07) is 0. The first-order chi connectivity index (χ1) is 7.34. The van der Waals surface area contributed by atoms with E-state index in [0.29, 0.717) is 6.10 Å². The maximum absolute atomic E-state index is 5.91. The van der Waals surface area contributed by atoms with Gasteiger partial charge in [0.2, 0.25) is 0 Å². The molecule has 1 aliphatic rings. The monoisotopic (exact) mass is 324 g/mol. The fraction of sp³-hybridized carbons (Fsp3) is 1.00. The van der Waals surface area contributed by atoms with E-state index in [9.17, 15) is 0 Å². The van der Waals surface area contributed by atoms with Crippen LogP contribution in [0.15, 0.2) is 0 Å². The third kappa shape index (κ3) is 6.10. The molecule has 1 rings (SSSR count). The van der Waals surface area contributed by atoms with Crippen molar-refractivity contribution in [1.29, 1.82) is 0 Å². The molecule has 0 N–H and O–H groups in total. The van der Waals surface area contributed by atoms with Gasteiger partial charge in [-0.2, -0.15) is 0 Å². The molecule has 15 heavy (non-hydrogen) atoms. The fourth-order valence-electron chi connectivity index (χ4n) is 2.19. The largest absolute Gasteiger partial charge is 0.377 e. The van der Waals surface area contributed by atoms with E-state index in [1.54, 1.807) is 0 Å². The molecular weight excluding hydrogens is 299 g/mol. The van der Waals surface area contributed by atoms with Gasteiger partial charge in [-0.3, -0.25) is 0 Å². The molecule has 2 heteroatoms. The number of halogens is 1. The molecule has 90 valence electrons. The summed E-state index contributed by atoms with van der Waals surface area (Å²) in [5.41, 5.74) is 0. The Hall–Kier alpha value is 0.690. The zero-order valence-electron chi connectivity index (χ0n) is 10.0. The Morgan fingerprint density at radius 3 is 2.47 bits per heavy atom. The lowest BCUT2D eigenvalue weighted by Gasteiger charge is -2.14. The number of hydrogen-bond acceptors (Lipinski definition) is 1. The van der Waals surface area contributed by atoms with Crippen LogP contribution in [0, 0.1) is 0 Å². The fourth-order valence-corrected chi connectivity index (χ4v) is 3.19. The topological polar surface area (TPSA) is 9.23 Å². The molecule has 0 saturated heterocycles. The molecule has 0 amide bonds. The zero-order valence-corrected chi connectivity index (χ0v) is 12.2. The minimum Gasteiger partial charge on any atom is -0.377 e. The zero-order chi connectivity index (χ0) is 10.9. The van der Waals surface area contributed by atoms with Gasteiger partial charge in [-0.1, -0.05) is 61.6 Å². The van der Waals surface area contributed by atoms with Gasteiger partial charge in [0.15, 0.2) is 0 Å². The molecule has 0 aromatic rings. The normalized spacial score (nSPS) is 26.0. The molecule has 1 aliphatic carbocycles.